The zero-order valence-corrected chi connectivity index (χ0v) is 13.1. The third-order valence-electron chi connectivity index (χ3n) is 2.19. The van der Waals surface area contributed by atoms with Gasteiger partial charge in [-0.2, -0.15) is 0 Å². The molecule has 6 nitrogen and oxygen atoms in total. The minimum Gasteiger partial charge on any atom is -0.479 e. The normalized spacial score (nSPS) is 13.0. The number of halogens is 1. The Bertz CT molecular complexity index is 233. The van der Waals surface area contributed by atoms with Crippen LogP contribution < -0.4 is 0 Å². The van der Waals surface area contributed by atoms with Crippen LogP contribution in [-0.2, 0) is 19.1 Å². The summed E-state index contributed by atoms with van der Waals surface area (Å²) in [6.45, 7) is 5.58. The van der Waals surface area contributed by atoms with Crippen LogP contribution in [0.15, 0.2) is 0 Å². The van der Waals surface area contributed by atoms with Gasteiger partial charge in [0.1, 0.15) is 0 Å². The number of carboxylic acids is 2. The zero-order valence-electron chi connectivity index (χ0n) is 12.3. The summed E-state index contributed by atoms with van der Waals surface area (Å²) in [4.78, 5) is 21.3. The SMILES string of the molecule is CCCCCCl.CCOC(C(=O)O)C(OCC)C(=O)O. The van der Waals surface area contributed by atoms with Gasteiger partial charge in [-0.3, -0.25) is 0 Å². The van der Waals surface area contributed by atoms with Crippen LogP contribution in [0.2, 0.25) is 0 Å². The number of hydrogen-bond donors (Lipinski definition) is 2. The van der Waals surface area contributed by atoms with Crippen molar-refractivity contribution < 1.29 is 29.3 Å². The van der Waals surface area contributed by atoms with Crippen molar-refractivity contribution in [3.8, 4) is 0 Å². The van der Waals surface area contributed by atoms with Gasteiger partial charge in [-0.25, -0.2) is 9.59 Å². The van der Waals surface area contributed by atoms with E-state index in [4.69, 9.17) is 31.3 Å². The van der Waals surface area contributed by atoms with Crippen molar-refractivity contribution in [1.82, 2.24) is 0 Å². The van der Waals surface area contributed by atoms with Crippen LogP contribution in [0.25, 0.3) is 0 Å². The second-order valence-corrected chi connectivity index (χ2v) is 4.20. The van der Waals surface area contributed by atoms with Crippen LogP contribution in [-0.4, -0.2) is 53.5 Å². The molecule has 2 N–H and O–H groups in total. The van der Waals surface area contributed by atoms with Crippen LogP contribution in [0.4, 0.5) is 0 Å². The monoisotopic (exact) mass is 312 g/mol. The molecule has 0 aromatic rings. The lowest BCUT2D eigenvalue weighted by Crippen LogP contribution is -2.43. The maximum atomic E-state index is 10.6. The molecule has 0 radical (unpaired) electrons. The van der Waals surface area contributed by atoms with Crippen LogP contribution in [0.1, 0.15) is 40.0 Å². The molecule has 0 rings (SSSR count). The van der Waals surface area contributed by atoms with E-state index >= 15 is 0 Å². The van der Waals surface area contributed by atoms with Crippen LogP contribution in [0.5, 0.6) is 0 Å². The fraction of sp³-hybridized carbons (Fsp3) is 0.846. The van der Waals surface area contributed by atoms with Crippen molar-refractivity contribution >= 4 is 23.5 Å². The molecule has 0 amide bonds. The van der Waals surface area contributed by atoms with Gasteiger partial charge in [0, 0.05) is 19.1 Å². The molecule has 120 valence electrons. The van der Waals surface area contributed by atoms with Gasteiger partial charge in [-0.15, -0.1) is 11.6 Å². The highest BCUT2D eigenvalue weighted by atomic mass is 35.5. The third kappa shape index (κ3) is 11.0. The van der Waals surface area contributed by atoms with Gasteiger partial charge in [0.25, 0.3) is 0 Å². The van der Waals surface area contributed by atoms with Crippen molar-refractivity contribution in [3.63, 3.8) is 0 Å². The van der Waals surface area contributed by atoms with Gasteiger partial charge in [-0.1, -0.05) is 19.8 Å². The Labute approximate surface area is 125 Å². The highest BCUT2D eigenvalue weighted by Crippen LogP contribution is 2.05. The predicted octanol–water partition coefficient (Wildman–Crippen LogP) is 2.38. The van der Waals surface area contributed by atoms with E-state index in [1.807, 2.05) is 0 Å². The molecule has 0 bridgehead atoms. The number of alkyl halides is 1. The lowest BCUT2D eigenvalue weighted by atomic mass is 10.2. The maximum Gasteiger partial charge on any atom is 0.336 e. The maximum absolute atomic E-state index is 10.6. The Hall–Kier alpha value is -0.850. The molecule has 0 fully saturated rings. The molecule has 0 spiro atoms. The molecule has 7 heteroatoms. The molecular weight excluding hydrogens is 288 g/mol. The number of unbranched alkanes of at least 4 members (excludes halogenated alkanes) is 2. The Kier molecular flexibility index (Phi) is 15.6. The number of carbonyl (C=O) groups is 2. The summed E-state index contributed by atoms with van der Waals surface area (Å²) in [5.41, 5.74) is 0. The molecule has 0 heterocycles. The van der Waals surface area contributed by atoms with Crippen LogP contribution in [0.3, 0.4) is 0 Å². The first-order chi connectivity index (χ1) is 9.45. The lowest BCUT2D eigenvalue weighted by Gasteiger charge is -2.19. The highest BCUT2D eigenvalue weighted by molar-refractivity contribution is 6.17. The van der Waals surface area contributed by atoms with E-state index in [0.29, 0.717) is 0 Å². The molecular formula is C13H25ClO6. The average Bonchev–Trinajstić information content (AvgIpc) is 2.40. The van der Waals surface area contributed by atoms with E-state index in [9.17, 15) is 9.59 Å². The number of rotatable bonds is 10. The van der Waals surface area contributed by atoms with E-state index in [1.54, 1.807) is 13.8 Å². The molecule has 0 saturated carbocycles. The van der Waals surface area contributed by atoms with Gasteiger partial charge >= 0.3 is 11.9 Å². The first kappa shape index (κ1) is 21.4. The molecule has 20 heavy (non-hydrogen) atoms. The largest absolute Gasteiger partial charge is 0.479 e. The summed E-state index contributed by atoms with van der Waals surface area (Å²) >= 11 is 5.38. The molecule has 0 aliphatic carbocycles. The molecule has 0 aromatic heterocycles. The highest BCUT2D eigenvalue weighted by Gasteiger charge is 2.35. The Morgan fingerprint density at radius 2 is 1.35 bits per heavy atom. The first-order valence-corrected chi connectivity index (χ1v) is 7.24. The summed E-state index contributed by atoms with van der Waals surface area (Å²) in [7, 11) is 0. The van der Waals surface area contributed by atoms with Crippen molar-refractivity contribution in [2.24, 2.45) is 0 Å². The van der Waals surface area contributed by atoms with E-state index in [2.05, 4.69) is 6.92 Å². The smallest absolute Gasteiger partial charge is 0.336 e. The average molecular weight is 313 g/mol. The van der Waals surface area contributed by atoms with E-state index in [-0.39, 0.29) is 13.2 Å². The number of aliphatic carboxylic acids is 2. The lowest BCUT2D eigenvalue weighted by molar-refractivity contribution is -0.175. The van der Waals surface area contributed by atoms with Crippen molar-refractivity contribution in [2.45, 2.75) is 52.2 Å². The summed E-state index contributed by atoms with van der Waals surface area (Å²) in [6, 6.07) is 0. The Balaban J connectivity index is 0. The number of carboxylic acid groups (broad SMARTS) is 2. The number of ether oxygens (including phenoxy) is 2. The second-order valence-electron chi connectivity index (χ2n) is 3.82. The van der Waals surface area contributed by atoms with Crippen molar-refractivity contribution in [3.05, 3.63) is 0 Å². The number of hydrogen-bond acceptors (Lipinski definition) is 4. The van der Waals surface area contributed by atoms with Gasteiger partial charge in [-0.05, 0) is 20.3 Å². The summed E-state index contributed by atoms with van der Waals surface area (Å²) in [5.74, 6) is -1.85. The van der Waals surface area contributed by atoms with Crippen molar-refractivity contribution in [2.75, 3.05) is 19.1 Å². The molecule has 0 aromatic carbocycles. The Morgan fingerprint density at radius 1 is 0.950 bits per heavy atom. The van der Waals surface area contributed by atoms with Gasteiger partial charge in [0.05, 0.1) is 0 Å². The molecule has 2 atom stereocenters. The van der Waals surface area contributed by atoms with Crippen LogP contribution >= 0.6 is 11.6 Å². The predicted molar refractivity (Wildman–Crippen MR) is 76.3 cm³/mol. The van der Waals surface area contributed by atoms with Gasteiger partial charge in [0.2, 0.25) is 0 Å². The van der Waals surface area contributed by atoms with E-state index in [1.165, 1.54) is 19.3 Å². The molecule has 2 unspecified atom stereocenters. The minimum absolute atomic E-state index is 0.119. The van der Waals surface area contributed by atoms with Gasteiger partial charge in [0.15, 0.2) is 12.2 Å². The summed E-state index contributed by atoms with van der Waals surface area (Å²) in [6.07, 6.45) is 0.809. The van der Waals surface area contributed by atoms with Gasteiger partial charge < -0.3 is 19.7 Å². The van der Waals surface area contributed by atoms with E-state index in [0.717, 1.165) is 5.88 Å². The summed E-state index contributed by atoms with van der Waals surface area (Å²) in [5, 5.41) is 17.4. The minimum atomic E-state index is -1.46. The molecule has 0 aliphatic heterocycles. The van der Waals surface area contributed by atoms with E-state index < -0.39 is 24.1 Å². The fourth-order valence-corrected chi connectivity index (χ4v) is 1.47. The first-order valence-electron chi connectivity index (χ1n) is 6.70. The Morgan fingerprint density at radius 3 is 1.50 bits per heavy atom. The standard InChI is InChI=1S/C8H14O6.C5H11Cl/c1-3-13-5(7(9)10)6(8(11)12)14-4-2;1-2-3-4-5-6/h5-6H,3-4H2,1-2H3,(H,9,10)(H,11,12);2-5H2,1H3. The van der Waals surface area contributed by atoms with Crippen molar-refractivity contribution in [1.29, 1.82) is 0 Å². The second kappa shape index (κ2) is 14.6. The zero-order chi connectivity index (χ0) is 16.0. The molecule has 0 saturated heterocycles. The van der Waals surface area contributed by atoms with Crippen LogP contribution in [0, 0.1) is 0 Å². The third-order valence-corrected chi connectivity index (χ3v) is 2.46. The molecule has 0 aliphatic rings. The fourth-order valence-electron chi connectivity index (χ4n) is 1.28. The quantitative estimate of drug-likeness (QED) is 0.475. The topological polar surface area (TPSA) is 93.1 Å². The summed E-state index contributed by atoms with van der Waals surface area (Å²) < 4.78 is 9.55.